The molecule has 0 unspecified atom stereocenters. The first-order valence-corrected chi connectivity index (χ1v) is 7.05. The molecule has 0 aliphatic heterocycles. The maximum absolute atomic E-state index is 6.13. The van der Waals surface area contributed by atoms with Crippen LogP contribution in [0.15, 0.2) is 40.9 Å². The normalized spacial score (nSPS) is 10.4. The fourth-order valence-electron chi connectivity index (χ4n) is 1.63. The zero-order chi connectivity index (χ0) is 13.1. The SMILES string of the molecule is Cc1ccc(Br)c(NCc2ccc(Cl)cc2Cl)c1. The van der Waals surface area contributed by atoms with Gasteiger partial charge in [-0.15, -0.1) is 0 Å². The Morgan fingerprint density at radius 3 is 2.61 bits per heavy atom. The molecule has 1 nitrogen and oxygen atoms in total. The van der Waals surface area contributed by atoms with Crippen molar-refractivity contribution in [1.82, 2.24) is 0 Å². The lowest BCUT2D eigenvalue weighted by Gasteiger charge is -2.11. The second-order valence-electron chi connectivity index (χ2n) is 4.07. The van der Waals surface area contributed by atoms with Gasteiger partial charge in [-0.25, -0.2) is 0 Å². The molecule has 0 amide bonds. The number of nitrogens with one attached hydrogen (secondary N) is 1. The van der Waals surface area contributed by atoms with E-state index < -0.39 is 0 Å². The molecule has 1 N–H and O–H groups in total. The second-order valence-corrected chi connectivity index (χ2v) is 5.77. The topological polar surface area (TPSA) is 12.0 Å². The van der Waals surface area contributed by atoms with Crippen molar-refractivity contribution in [3.8, 4) is 0 Å². The molecule has 0 spiro atoms. The summed E-state index contributed by atoms with van der Waals surface area (Å²) >= 11 is 15.5. The molecule has 0 aliphatic rings. The Balaban J connectivity index is 2.13. The van der Waals surface area contributed by atoms with E-state index in [9.17, 15) is 0 Å². The van der Waals surface area contributed by atoms with Crippen molar-refractivity contribution in [2.45, 2.75) is 13.5 Å². The lowest BCUT2D eigenvalue weighted by Crippen LogP contribution is -2.01. The molecule has 0 fully saturated rings. The maximum Gasteiger partial charge on any atom is 0.0489 e. The number of anilines is 1. The summed E-state index contributed by atoms with van der Waals surface area (Å²) in [5, 5.41) is 4.69. The summed E-state index contributed by atoms with van der Waals surface area (Å²) in [4.78, 5) is 0. The molecule has 2 aromatic carbocycles. The highest BCUT2D eigenvalue weighted by Gasteiger charge is 2.03. The summed E-state index contributed by atoms with van der Waals surface area (Å²) in [6.07, 6.45) is 0. The van der Waals surface area contributed by atoms with Crippen molar-refractivity contribution in [3.05, 3.63) is 62.0 Å². The van der Waals surface area contributed by atoms with Gasteiger partial charge in [-0.2, -0.15) is 0 Å². The Bertz CT molecular complexity index is 570. The zero-order valence-electron chi connectivity index (χ0n) is 9.81. The maximum atomic E-state index is 6.13. The molecule has 0 aromatic heterocycles. The van der Waals surface area contributed by atoms with Crippen molar-refractivity contribution >= 4 is 44.8 Å². The molecule has 0 heterocycles. The van der Waals surface area contributed by atoms with Gasteiger partial charge in [0.1, 0.15) is 0 Å². The third kappa shape index (κ3) is 3.41. The average molecular weight is 345 g/mol. The predicted molar refractivity (Wildman–Crippen MR) is 82.7 cm³/mol. The number of hydrogen-bond acceptors (Lipinski definition) is 1. The number of halogens is 3. The molecular weight excluding hydrogens is 333 g/mol. The largest absolute Gasteiger partial charge is 0.380 e. The van der Waals surface area contributed by atoms with Gasteiger partial charge in [0, 0.05) is 26.8 Å². The number of benzene rings is 2. The molecule has 0 aliphatic carbocycles. The molecule has 0 saturated heterocycles. The summed E-state index contributed by atoms with van der Waals surface area (Å²) in [6.45, 7) is 2.73. The minimum absolute atomic E-state index is 0.653. The van der Waals surface area contributed by atoms with E-state index in [1.165, 1.54) is 5.56 Å². The van der Waals surface area contributed by atoms with Crippen LogP contribution in [-0.2, 0) is 6.54 Å². The minimum atomic E-state index is 0.653. The lowest BCUT2D eigenvalue weighted by atomic mass is 10.2. The van der Waals surface area contributed by atoms with Crippen LogP contribution in [0.3, 0.4) is 0 Å². The van der Waals surface area contributed by atoms with E-state index in [1.54, 1.807) is 6.07 Å². The van der Waals surface area contributed by atoms with E-state index in [1.807, 2.05) is 18.2 Å². The Morgan fingerprint density at radius 1 is 1.11 bits per heavy atom. The summed E-state index contributed by atoms with van der Waals surface area (Å²) < 4.78 is 1.04. The molecule has 0 radical (unpaired) electrons. The Hall–Kier alpha value is -0.700. The molecule has 0 atom stereocenters. The fourth-order valence-corrected chi connectivity index (χ4v) is 2.49. The highest BCUT2D eigenvalue weighted by Crippen LogP contribution is 2.26. The molecule has 0 bridgehead atoms. The number of hydrogen-bond donors (Lipinski definition) is 1. The predicted octanol–water partition coefficient (Wildman–Crippen LogP) is 5.68. The van der Waals surface area contributed by atoms with Gasteiger partial charge in [0.25, 0.3) is 0 Å². The van der Waals surface area contributed by atoms with Crippen molar-refractivity contribution in [1.29, 1.82) is 0 Å². The lowest BCUT2D eigenvalue weighted by molar-refractivity contribution is 1.14. The first-order chi connectivity index (χ1) is 8.56. The first kappa shape index (κ1) is 13.7. The Kier molecular flexibility index (Phi) is 4.55. The van der Waals surface area contributed by atoms with E-state index in [2.05, 4.69) is 40.3 Å². The Morgan fingerprint density at radius 2 is 1.89 bits per heavy atom. The molecule has 2 rings (SSSR count). The van der Waals surface area contributed by atoms with Crippen molar-refractivity contribution in [2.24, 2.45) is 0 Å². The van der Waals surface area contributed by atoms with Crippen LogP contribution in [0.2, 0.25) is 10.0 Å². The van der Waals surface area contributed by atoms with Crippen LogP contribution in [-0.4, -0.2) is 0 Å². The van der Waals surface area contributed by atoms with E-state index in [4.69, 9.17) is 23.2 Å². The van der Waals surface area contributed by atoms with Gasteiger partial charge in [-0.1, -0.05) is 35.3 Å². The van der Waals surface area contributed by atoms with Crippen LogP contribution < -0.4 is 5.32 Å². The Labute approximate surface area is 125 Å². The molecule has 0 saturated carbocycles. The van der Waals surface area contributed by atoms with E-state index in [0.29, 0.717) is 16.6 Å². The van der Waals surface area contributed by atoms with Crippen molar-refractivity contribution in [3.63, 3.8) is 0 Å². The third-order valence-electron chi connectivity index (χ3n) is 2.61. The summed E-state index contributed by atoms with van der Waals surface area (Å²) in [6, 6.07) is 11.7. The summed E-state index contributed by atoms with van der Waals surface area (Å²) in [5.74, 6) is 0. The monoisotopic (exact) mass is 343 g/mol. The van der Waals surface area contributed by atoms with Gasteiger partial charge in [-0.3, -0.25) is 0 Å². The summed E-state index contributed by atoms with van der Waals surface area (Å²) in [7, 11) is 0. The van der Waals surface area contributed by atoms with Gasteiger partial charge < -0.3 is 5.32 Å². The van der Waals surface area contributed by atoms with Gasteiger partial charge in [0.15, 0.2) is 0 Å². The second kappa shape index (κ2) is 5.96. The van der Waals surface area contributed by atoms with E-state index in [0.717, 1.165) is 15.7 Å². The highest BCUT2D eigenvalue weighted by molar-refractivity contribution is 9.10. The van der Waals surface area contributed by atoms with Gasteiger partial charge in [0.2, 0.25) is 0 Å². The molecular formula is C14H12BrCl2N. The molecule has 4 heteroatoms. The third-order valence-corrected chi connectivity index (χ3v) is 3.88. The molecule has 94 valence electrons. The number of aryl methyl sites for hydroxylation is 1. The van der Waals surface area contributed by atoms with Crippen LogP contribution in [0.1, 0.15) is 11.1 Å². The fraction of sp³-hybridized carbons (Fsp3) is 0.143. The first-order valence-electron chi connectivity index (χ1n) is 5.50. The smallest absolute Gasteiger partial charge is 0.0489 e. The van der Waals surface area contributed by atoms with Crippen LogP contribution >= 0.6 is 39.1 Å². The number of rotatable bonds is 3. The van der Waals surface area contributed by atoms with Gasteiger partial charge in [0.05, 0.1) is 0 Å². The van der Waals surface area contributed by atoms with E-state index in [-0.39, 0.29) is 0 Å². The van der Waals surface area contributed by atoms with Crippen LogP contribution in [0.4, 0.5) is 5.69 Å². The van der Waals surface area contributed by atoms with Crippen LogP contribution in [0.5, 0.6) is 0 Å². The average Bonchev–Trinajstić information content (AvgIpc) is 2.32. The minimum Gasteiger partial charge on any atom is -0.380 e. The standard InChI is InChI=1S/C14H12BrCl2N/c1-9-2-5-12(15)14(6-9)18-8-10-3-4-11(16)7-13(10)17/h2-7,18H,8H2,1H3. The molecule has 18 heavy (non-hydrogen) atoms. The van der Waals surface area contributed by atoms with E-state index >= 15 is 0 Å². The van der Waals surface area contributed by atoms with Crippen molar-refractivity contribution < 1.29 is 0 Å². The van der Waals surface area contributed by atoms with Gasteiger partial charge >= 0.3 is 0 Å². The van der Waals surface area contributed by atoms with Crippen LogP contribution in [0.25, 0.3) is 0 Å². The molecule has 2 aromatic rings. The summed E-state index contributed by atoms with van der Waals surface area (Å²) in [5.41, 5.74) is 3.29. The van der Waals surface area contributed by atoms with Gasteiger partial charge in [-0.05, 0) is 58.2 Å². The zero-order valence-corrected chi connectivity index (χ0v) is 12.9. The van der Waals surface area contributed by atoms with Crippen molar-refractivity contribution in [2.75, 3.05) is 5.32 Å². The highest BCUT2D eigenvalue weighted by atomic mass is 79.9. The quantitative estimate of drug-likeness (QED) is 0.755. The van der Waals surface area contributed by atoms with Crippen LogP contribution in [0, 0.1) is 6.92 Å².